The number of carbonyl (C=O) groups is 1. The minimum atomic E-state index is -2.63. The van der Waals surface area contributed by atoms with E-state index in [1.54, 1.807) is 28.3 Å². The van der Waals surface area contributed by atoms with Crippen LogP contribution in [0.25, 0.3) is 0 Å². The number of carbonyl (C=O) groups excluding carboxylic acids is 1. The Morgan fingerprint density at radius 2 is 1.95 bits per heavy atom. The number of rotatable bonds is 7. The van der Waals surface area contributed by atoms with Gasteiger partial charge in [0, 0.05) is 26.9 Å². The molecule has 0 aliphatic carbocycles. The molecule has 2 atom stereocenters. The van der Waals surface area contributed by atoms with E-state index in [0.717, 1.165) is 31.7 Å². The zero-order valence-corrected chi connectivity index (χ0v) is 14.9. The minimum Gasteiger partial charge on any atom is -0.456 e. The molecule has 0 saturated carbocycles. The smallest absolute Gasteiger partial charge is 0.374 e. The van der Waals surface area contributed by atoms with Crippen LogP contribution >= 0.6 is 0 Å². The van der Waals surface area contributed by atoms with Crippen molar-refractivity contribution < 1.29 is 23.1 Å². The van der Waals surface area contributed by atoms with Crippen LogP contribution in [-0.4, -0.2) is 47.2 Å². The maximum atomic E-state index is 12.0. The summed E-state index contributed by atoms with van der Waals surface area (Å²) in [6.07, 6.45) is 2.94. The monoisotopic (exact) mass is 316 g/mol. The fourth-order valence-corrected chi connectivity index (χ4v) is 7.33. The molecule has 1 heterocycles. The van der Waals surface area contributed by atoms with Gasteiger partial charge in [0.2, 0.25) is 0 Å². The van der Waals surface area contributed by atoms with Gasteiger partial charge in [0.15, 0.2) is 0 Å². The average Bonchev–Trinajstić information content (AvgIpc) is 2.48. The highest BCUT2D eigenvalue weighted by atomic mass is 28.4. The lowest BCUT2D eigenvalue weighted by Gasteiger charge is -2.51. The molecule has 0 amide bonds. The van der Waals surface area contributed by atoms with Crippen LogP contribution in [0, 0.1) is 0 Å². The van der Waals surface area contributed by atoms with Gasteiger partial charge in [0.1, 0.15) is 11.3 Å². The lowest BCUT2D eigenvalue weighted by atomic mass is 10.0. The maximum Gasteiger partial charge on any atom is 0.374 e. The van der Waals surface area contributed by atoms with E-state index < -0.39 is 13.8 Å². The molecule has 0 radical (unpaired) electrons. The third-order valence-electron chi connectivity index (χ3n) is 4.38. The maximum absolute atomic E-state index is 12.0. The van der Waals surface area contributed by atoms with Crippen molar-refractivity contribution in [1.29, 1.82) is 0 Å². The standard InChI is InChI=1S/C15H28O5Si/c1-7-10-15(17-4)13(20-14(16)12(2)3)9-8-11-21(15,18-5)19-6/h13H,2,7-11H2,1,3-6H3. The summed E-state index contributed by atoms with van der Waals surface area (Å²) >= 11 is 0. The molecule has 21 heavy (non-hydrogen) atoms. The molecule has 0 spiro atoms. The van der Waals surface area contributed by atoms with Crippen molar-refractivity contribution in [2.75, 3.05) is 21.3 Å². The normalized spacial score (nSPS) is 28.1. The Morgan fingerprint density at radius 3 is 2.38 bits per heavy atom. The van der Waals surface area contributed by atoms with Gasteiger partial charge in [0.25, 0.3) is 0 Å². The highest BCUT2D eigenvalue weighted by Gasteiger charge is 2.64. The van der Waals surface area contributed by atoms with Crippen LogP contribution in [0.15, 0.2) is 12.2 Å². The third kappa shape index (κ3) is 3.23. The van der Waals surface area contributed by atoms with Gasteiger partial charge in [-0.05, 0) is 32.2 Å². The highest BCUT2D eigenvalue weighted by Crippen LogP contribution is 2.44. The topological polar surface area (TPSA) is 54.0 Å². The summed E-state index contributed by atoms with van der Waals surface area (Å²) in [6.45, 7) is 7.38. The van der Waals surface area contributed by atoms with Gasteiger partial charge in [-0.3, -0.25) is 0 Å². The van der Waals surface area contributed by atoms with E-state index in [9.17, 15) is 4.79 Å². The van der Waals surface area contributed by atoms with Crippen LogP contribution in [0.5, 0.6) is 0 Å². The predicted octanol–water partition coefficient (Wildman–Crippen LogP) is 2.73. The lowest BCUT2D eigenvalue weighted by molar-refractivity contribution is -0.163. The minimum absolute atomic E-state index is 0.355. The molecule has 0 N–H and O–H groups in total. The molecule has 1 rings (SSSR count). The Bertz CT molecular complexity index is 380. The predicted molar refractivity (Wildman–Crippen MR) is 83.2 cm³/mol. The summed E-state index contributed by atoms with van der Waals surface area (Å²) in [6, 6.07) is 0.842. The van der Waals surface area contributed by atoms with Crippen LogP contribution in [0.4, 0.5) is 0 Å². The van der Waals surface area contributed by atoms with Crippen LogP contribution < -0.4 is 0 Å². The SMILES string of the molecule is C=C(C)C(=O)OC1CCC[Si](OC)(OC)C1(CCC)OC. The van der Waals surface area contributed by atoms with Gasteiger partial charge in [-0.1, -0.05) is 19.9 Å². The summed E-state index contributed by atoms with van der Waals surface area (Å²) in [5.41, 5.74) is 0.393. The van der Waals surface area contributed by atoms with Crippen molar-refractivity contribution >= 4 is 14.5 Å². The summed E-state index contributed by atoms with van der Waals surface area (Å²) in [5, 5.41) is -0.672. The van der Waals surface area contributed by atoms with Crippen molar-refractivity contribution in [3.8, 4) is 0 Å². The van der Waals surface area contributed by atoms with Gasteiger partial charge in [-0.2, -0.15) is 0 Å². The second-order valence-electron chi connectivity index (χ2n) is 5.57. The van der Waals surface area contributed by atoms with Crippen LogP contribution in [0.1, 0.15) is 39.5 Å². The Balaban J connectivity index is 3.20. The number of esters is 1. The van der Waals surface area contributed by atoms with Crippen molar-refractivity contribution in [2.24, 2.45) is 0 Å². The molecular weight excluding hydrogens is 288 g/mol. The van der Waals surface area contributed by atoms with Gasteiger partial charge < -0.3 is 18.3 Å². The van der Waals surface area contributed by atoms with Crippen molar-refractivity contribution in [1.82, 2.24) is 0 Å². The quantitative estimate of drug-likeness (QED) is 0.411. The van der Waals surface area contributed by atoms with E-state index in [0.29, 0.717) is 5.57 Å². The number of ether oxygens (including phenoxy) is 2. The first-order chi connectivity index (χ1) is 9.92. The molecule has 1 saturated heterocycles. The van der Waals surface area contributed by atoms with E-state index in [1.807, 2.05) is 0 Å². The first-order valence-corrected chi connectivity index (χ1v) is 9.47. The molecule has 1 aliphatic rings. The fourth-order valence-electron chi connectivity index (χ4n) is 3.34. The van der Waals surface area contributed by atoms with E-state index in [1.165, 1.54) is 0 Å². The first-order valence-electron chi connectivity index (χ1n) is 7.45. The van der Waals surface area contributed by atoms with Gasteiger partial charge in [-0.25, -0.2) is 4.79 Å². The van der Waals surface area contributed by atoms with Crippen molar-refractivity contribution in [3.63, 3.8) is 0 Å². The van der Waals surface area contributed by atoms with Crippen LogP contribution in [-0.2, 0) is 23.1 Å². The zero-order valence-electron chi connectivity index (χ0n) is 13.9. The Morgan fingerprint density at radius 1 is 1.33 bits per heavy atom. The molecule has 0 aromatic heterocycles. The molecule has 2 unspecified atom stereocenters. The average molecular weight is 316 g/mol. The van der Waals surface area contributed by atoms with Crippen LogP contribution in [0.2, 0.25) is 6.04 Å². The zero-order chi connectivity index (χ0) is 16.1. The van der Waals surface area contributed by atoms with E-state index >= 15 is 0 Å². The fraction of sp³-hybridized carbons (Fsp3) is 0.800. The molecule has 0 bridgehead atoms. The Labute approximate surface area is 128 Å². The van der Waals surface area contributed by atoms with Crippen molar-refractivity contribution in [3.05, 3.63) is 12.2 Å². The van der Waals surface area contributed by atoms with E-state index in [4.69, 9.17) is 18.3 Å². The Hall–Kier alpha value is -0.693. The molecule has 6 heteroatoms. The van der Waals surface area contributed by atoms with Crippen LogP contribution in [0.3, 0.4) is 0 Å². The van der Waals surface area contributed by atoms with Gasteiger partial charge in [-0.15, -0.1) is 0 Å². The lowest BCUT2D eigenvalue weighted by Crippen LogP contribution is -2.71. The Kier molecular flexibility index (Phi) is 6.59. The number of hydrogen-bond donors (Lipinski definition) is 0. The molecule has 1 aliphatic heterocycles. The molecule has 0 aromatic carbocycles. The first kappa shape index (κ1) is 18.4. The summed E-state index contributed by atoms with van der Waals surface area (Å²) in [4.78, 5) is 12.0. The van der Waals surface area contributed by atoms with E-state index in [2.05, 4.69) is 13.5 Å². The number of hydrogen-bond acceptors (Lipinski definition) is 5. The second kappa shape index (κ2) is 7.53. The summed E-state index contributed by atoms with van der Waals surface area (Å²) < 4.78 is 23.3. The van der Waals surface area contributed by atoms with Gasteiger partial charge >= 0.3 is 14.5 Å². The molecule has 1 fully saturated rings. The van der Waals surface area contributed by atoms with E-state index in [-0.39, 0.29) is 12.1 Å². The molecule has 5 nitrogen and oxygen atoms in total. The summed E-state index contributed by atoms with van der Waals surface area (Å²) in [5.74, 6) is -0.380. The summed E-state index contributed by atoms with van der Waals surface area (Å²) in [7, 11) is 2.37. The largest absolute Gasteiger partial charge is 0.456 e. The molecular formula is C15H28O5Si. The van der Waals surface area contributed by atoms with Crippen molar-refractivity contribution in [2.45, 2.75) is 56.9 Å². The third-order valence-corrected chi connectivity index (χ3v) is 8.78. The molecule has 0 aromatic rings. The highest BCUT2D eigenvalue weighted by molar-refractivity contribution is 6.71. The molecule has 122 valence electrons. The number of methoxy groups -OCH3 is 1. The van der Waals surface area contributed by atoms with Gasteiger partial charge in [0.05, 0.1) is 0 Å². The second-order valence-corrected chi connectivity index (χ2v) is 9.24.